The highest BCUT2D eigenvalue weighted by Gasteiger charge is 2.28. The molecule has 6 heteroatoms. The van der Waals surface area contributed by atoms with E-state index in [2.05, 4.69) is 21.5 Å². The number of halogens is 1. The minimum Gasteiger partial charge on any atom is -0.338 e. The lowest BCUT2D eigenvalue weighted by molar-refractivity contribution is 0.358. The molecule has 0 aliphatic heterocycles. The number of hydrogen-bond acceptors (Lipinski definition) is 5. The minimum absolute atomic E-state index is 0.0214. The van der Waals surface area contributed by atoms with Crippen LogP contribution in [-0.2, 0) is 6.54 Å². The SMILES string of the molecule is Fc1ccc([C@@H](NCc2nc(C3CC3)no2)c2cccs2)cc1. The summed E-state index contributed by atoms with van der Waals surface area (Å²) in [6, 6.07) is 10.6. The second-order valence-corrected chi connectivity index (χ2v) is 6.68. The summed E-state index contributed by atoms with van der Waals surface area (Å²) in [5.74, 6) is 1.66. The van der Waals surface area contributed by atoms with Gasteiger partial charge in [0.1, 0.15) is 5.82 Å². The van der Waals surface area contributed by atoms with Crippen molar-refractivity contribution >= 4 is 11.3 Å². The highest BCUT2D eigenvalue weighted by atomic mass is 32.1. The number of nitrogens with one attached hydrogen (secondary N) is 1. The Morgan fingerprint density at radius 3 is 2.78 bits per heavy atom. The molecule has 0 saturated heterocycles. The molecule has 2 heterocycles. The minimum atomic E-state index is -0.232. The Labute approximate surface area is 137 Å². The van der Waals surface area contributed by atoms with E-state index in [0.717, 1.165) is 24.2 Å². The standard InChI is InChI=1S/C17H16FN3OS/c18-13-7-5-11(6-8-13)16(14-2-1-9-23-14)19-10-15-20-17(21-22-15)12-3-4-12/h1-2,5-9,12,16,19H,3-4,10H2/t16-/m1/s1. The average molecular weight is 329 g/mol. The predicted octanol–water partition coefficient (Wildman–Crippen LogP) is 4.03. The summed E-state index contributed by atoms with van der Waals surface area (Å²) in [6.07, 6.45) is 2.31. The summed E-state index contributed by atoms with van der Waals surface area (Å²) in [6.45, 7) is 0.486. The maximum Gasteiger partial charge on any atom is 0.240 e. The highest BCUT2D eigenvalue weighted by molar-refractivity contribution is 7.10. The van der Waals surface area contributed by atoms with Crippen LogP contribution in [0.1, 0.15) is 47.0 Å². The Bertz CT molecular complexity index is 766. The maximum atomic E-state index is 13.2. The zero-order chi connectivity index (χ0) is 15.6. The van der Waals surface area contributed by atoms with E-state index in [1.807, 2.05) is 11.4 Å². The summed E-state index contributed by atoms with van der Waals surface area (Å²) < 4.78 is 18.5. The number of hydrogen-bond donors (Lipinski definition) is 1. The van der Waals surface area contributed by atoms with Gasteiger partial charge in [0, 0.05) is 10.8 Å². The quantitative estimate of drug-likeness (QED) is 0.742. The fraction of sp³-hybridized carbons (Fsp3) is 0.294. The van der Waals surface area contributed by atoms with Gasteiger partial charge in [-0.2, -0.15) is 4.98 Å². The lowest BCUT2D eigenvalue weighted by Gasteiger charge is -2.17. The van der Waals surface area contributed by atoms with Gasteiger partial charge in [-0.05, 0) is 42.0 Å². The predicted molar refractivity (Wildman–Crippen MR) is 85.7 cm³/mol. The zero-order valence-electron chi connectivity index (χ0n) is 12.4. The van der Waals surface area contributed by atoms with Crippen molar-refractivity contribution in [3.8, 4) is 0 Å². The van der Waals surface area contributed by atoms with Gasteiger partial charge in [-0.15, -0.1) is 11.3 Å². The van der Waals surface area contributed by atoms with Gasteiger partial charge < -0.3 is 4.52 Å². The molecule has 1 atom stereocenters. The van der Waals surface area contributed by atoms with Crippen LogP contribution in [0, 0.1) is 5.82 Å². The summed E-state index contributed by atoms with van der Waals surface area (Å²) >= 11 is 1.66. The van der Waals surface area contributed by atoms with Crippen LogP contribution < -0.4 is 5.32 Å². The van der Waals surface area contributed by atoms with Gasteiger partial charge in [0.05, 0.1) is 12.6 Å². The van der Waals surface area contributed by atoms with Crippen molar-refractivity contribution in [2.75, 3.05) is 0 Å². The van der Waals surface area contributed by atoms with E-state index in [4.69, 9.17) is 4.52 Å². The molecular formula is C17H16FN3OS. The number of rotatable bonds is 6. The van der Waals surface area contributed by atoms with Gasteiger partial charge in [0.2, 0.25) is 5.89 Å². The Morgan fingerprint density at radius 1 is 1.26 bits per heavy atom. The van der Waals surface area contributed by atoms with Crippen molar-refractivity contribution in [3.63, 3.8) is 0 Å². The van der Waals surface area contributed by atoms with Crippen LogP contribution in [0.15, 0.2) is 46.3 Å². The molecule has 0 unspecified atom stereocenters. The Kier molecular flexibility index (Phi) is 3.93. The first-order valence-corrected chi connectivity index (χ1v) is 8.52. The molecule has 0 radical (unpaired) electrons. The molecule has 1 saturated carbocycles. The third kappa shape index (κ3) is 3.33. The Hall–Kier alpha value is -2.05. The fourth-order valence-electron chi connectivity index (χ4n) is 2.53. The lowest BCUT2D eigenvalue weighted by atomic mass is 10.1. The highest BCUT2D eigenvalue weighted by Crippen LogP contribution is 2.38. The van der Waals surface area contributed by atoms with Gasteiger partial charge >= 0.3 is 0 Å². The molecule has 3 aromatic rings. The van der Waals surface area contributed by atoms with E-state index in [1.54, 1.807) is 23.5 Å². The number of aromatic nitrogens is 2. The summed E-state index contributed by atoms with van der Waals surface area (Å²) in [7, 11) is 0. The zero-order valence-corrected chi connectivity index (χ0v) is 13.2. The van der Waals surface area contributed by atoms with Crippen LogP contribution in [0.5, 0.6) is 0 Å². The average Bonchev–Trinajstić information content (AvgIpc) is 3.08. The lowest BCUT2D eigenvalue weighted by Crippen LogP contribution is -2.21. The molecule has 1 N–H and O–H groups in total. The van der Waals surface area contributed by atoms with Crippen molar-refractivity contribution in [1.82, 2.24) is 15.5 Å². The topological polar surface area (TPSA) is 51.0 Å². The number of benzene rings is 1. The van der Waals surface area contributed by atoms with Gasteiger partial charge in [-0.25, -0.2) is 4.39 Å². The van der Waals surface area contributed by atoms with E-state index >= 15 is 0 Å². The van der Waals surface area contributed by atoms with E-state index in [-0.39, 0.29) is 11.9 Å². The van der Waals surface area contributed by atoms with Crippen molar-refractivity contribution in [2.45, 2.75) is 31.3 Å². The number of thiophene rings is 1. The normalized spacial score (nSPS) is 15.7. The molecule has 118 valence electrons. The monoisotopic (exact) mass is 329 g/mol. The molecule has 23 heavy (non-hydrogen) atoms. The van der Waals surface area contributed by atoms with E-state index in [9.17, 15) is 4.39 Å². The Morgan fingerprint density at radius 2 is 2.09 bits per heavy atom. The van der Waals surface area contributed by atoms with Crippen LogP contribution in [0.3, 0.4) is 0 Å². The molecule has 2 aromatic heterocycles. The van der Waals surface area contributed by atoms with E-state index in [1.165, 1.54) is 17.0 Å². The van der Waals surface area contributed by atoms with Crippen molar-refractivity contribution in [2.24, 2.45) is 0 Å². The molecule has 1 aliphatic rings. The van der Waals surface area contributed by atoms with Crippen LogP contribution in [0.25, 0.3) is 0 Å². The summed E-state index contributed by atoms with van der Waals surface area (Å²) in [5.41, 5.74) is 1.01. The molecule has 0 bridgehead atoms. The first kappa shape index (κ1) is 14.5. The second kappa shape index (κ2) is 6.22. The molecule has 1 aliphatic carbocycles. The maximum absolute atomic E-state index is 13.2. The molecule has 1 aromatic carbocycles. The molecule has 0 amide bonds. The van der Waals surface area contributed by atoms with Crippen LogP contribution in [-0.4, -0.2) is 10.1 Å². The fourth-order valence-corrected chi connectivity index (χ4v) is 3.36. The summed E-state index contributed by atoms with van der Waals surface area (Å²) in [5, 5.41) is 9.50. The van der Waals surface area contributed by atoms with Crippen molar-refractivity contribution < 1.29 is 8.91 Å². The van der Waals surface area contributed by atoms with Gasteiger partial charge in [0.15, 0.2) is 5.82 Å². The first-order valence-electron chi connectivity index (χ1n) is 7.64. The van der Waals surface area contributed by atoms with Crippen LogP contribution >= 0.6 is 11.3 Å². The third-order valence-electron chi connectivity index (χ3n) is 3.91. The molecule has 0 spiro atoms. The van der Waals surface area contributed by atoms with Crippen LogP contribution in [0.2, 0.25) is 0 Å². The van der Waals surface area contributed by atoms with E-state index < -0.39 is 0 Å². The Balaban J connectivity index is 1.51. The first-order chi connectivity index (χ1) is 11.3. The van der Waals surface area contributed by atoms with Crippen molar-refractivity contribution in [3.05, 3.63) is 69.8 Å². The largest absolute Gasteiger partial charge is 0.338 e. The summed E-state index contributed by atoms with van der Waals surface area (Å²) in [4.78, 5) is 5.60. The van der Waals surface area contributed by atoms with Crippen LogP contribution in [0.4, 0.5) is 4.39 Å². The van der Waals surface area contributed by atoms with Crippen molar-refractivity contribution in [1.29, 1.82) is 0 Å². The molecule has 1 fully saturated rings. The van der Waals surface area contributed by atoms with Gasteiger partial charge in [-0.3, -0.25) is 5.32 Å². The molecular weight excluding hydrogens is 313 g/mol. The van der Waals surface area contributed by atoms with E-state index in [0.29, 0.717) is 18.4 Å². The smallest absolute Gasteiger partial charge is 0.240 e. The molecule has 4 nitrogen and oxygen atoms in total. The second-order valence-electron chi connectivity index (χ2n) is 5.70. The third-order valence-corrected chi connectivity index (χ3v) is 4.85. The van der Waals surface area contributed by atoms with Gasteiger partial charge in [0.25, 0.3) is 0 Å². The van der Waals surface area contributed by atoms with Gasteiger partial charge in [-0.1, -0.05) is 23.4 Å². The molecule has 4 rings (SSSR count). The number of nitrogens with zero attached hydrogens (tertiary/aromatic N) is 2.